The van der Waals surface area contributed by atoms with Gasteiger partial charge >= 0.3 is 0 Å². The maximum atomic E-state index is 12.1. The molecule has 1 aromatic heterocycles. The smallest absolute Gasteiger partial charge is 0.293 e. The maximum absolute atomic E-state index is 12.1. The molecule has 10 heteroatoms. The number of hydrogen-bond donors (Lipinski definition) is 3. The zero-order valence-corrected chi connectivity index (χ0v) is 16.0. The van der Waals surface area contributed by atoms with Crippen molar-refractivity contribution in [2.24, 2.45) is 0 Å². The molecule has 2 aromatic rings. The van der Waals surface area contributed by atoms with Crippen LogP contribution in [0.25, 0.3) is 0 Å². The minimum Gasteiger partial charge on any atom is -0.381 e. The monoisotopic (exact) mass is 385 g/mol. The van der Waals surface area contributed by atoms with Crippen molar-refractivity contribution in [1.82, 2.24) is 15.5 Å². The molecule has 4 N–H and O–H groups in total. The van der Waals surface area contributed by atoms with E-state index in [0.717, 1.165) is 0 Å². The maximum Gasteiger partial charge on any atom is 0.293 e. The van der Waals surface area contributed by atoms with Gasteiger partial charge < -0.3 is 16.0 Å². The van der Waals surface area contributed by atoms with Crippen molar-refractivity contribution in [1.29, 1.82) is 5.26 Å². The molecule has 0 spiro atoms. The van der Waals surface area contributed by atoms with Gasteiger partial charge in [0.2, 0.25) is 0 Å². The Balaban J connectivity index is 2.11. The standard InChI is InChI=1S/C18H23N7O3/c1-11(2)21-18(26)12-6-7-15(16(9-12)25(27)28)24(3)8-4-5-14-13(10-19)17(20)23-22-14/h6-7,9,11H,4-5,8H2,1-3H3,(H,21,26)(H3,20,22,23). The summed E-state index contributed by atoms with van der Waals surface area (Å²) in [7, 11) is 1.74. The Hall–Kier alpha value is -3.61. The van der Waals surface area contributed by atoms with Crippen LogP contribution in [-0.2, 0) is 6.42 Å². The first-order chi connectivity index (χ1) is 13.2. The molecule has 0 aliphatic rings. The largest absolute Gasteiger partial charge is 0.381 e. The second-order valence-corrected chi connectivity index (χ2v) is 6.69. The molecular formula is C18H23N7O3. The van der Waals surface area contributed by atoms with Crippen LogP contribution in [0.4, 0.5) is 17.2 Å². The highest BCUT2D eigenvalue weighted by Gasteiger charge is 2.20. The first kappa shape index (κ1) is 20.7. The summed E-state index contributed by atoms with van der Waals surface area (Å²) < 4.78 is 0. The molecule has 0 saturated heterocycles. The number of nitriles is 1. The molecule has 0 atom stereocenters. The number of H-pyrrole nitrogens is 1. The normalized spacial score (nSPS) is 10.5. The van der Waals surface area contributed by atoms with E-state index >= 15 is 0 Å². The Morgan fingerprint density at radius 3 is 2.82 bits per heavy atom. The fourth-order valence-electron chi connectivity index (χ4n) is 2.79. The number of anilines is 2. The summed E-state index contributed by atoms with van der Waals surface area (Å²) in [4.78, 5) is 24.8. The molecule has 0 unspecified atom stereocenters. The predicted molar refractivity (Wildman–Crippen MR) is 105 cm³/mol. The van der Waals surface area contributed by atoms with E-state index in [9.17, 15) is 14.9 Å². The summed E-state index contributed by atoms with van der Waals surface area (Å²) >= 11 is 0. The zero-order valence-electron chi connectivity index (χ0n) is 16.0. The van der Waals surface area contributed by atoms with E-state index in [-0.39, 0.29) is 29.0 Å². The van der Waals surface area contributed by atoms with Crippen molar-refractivity contribution in [3.8, 4) is 6.07 Å². The number of nitro benzene ring substituents is 1. The molecule has 10 nitrogen and oxygen atoms in total. The van der Waals surface area contributed by atoms with E-state index in [1.54, 1.807) is 24.1 Å². The highest BCUT2D eigenvalue weighted by atomic mass is 16.6. The number of carbonyl (C=O) groups is 1. The number of amides is 1. The van der Waals surface area contributed by atoms with Gasteiger partial charge in [-0.3, -0.25) is 20.0 Å². The third kappa shape index (κ3) is 4.76. The molecule has 0 radical (unpaired) electrons. The average molecular weight is 385 g/mol. The highest BCUT2D eigenvalue weighted by molar-refractivity contribution is 5.95. The summed E-state index contributed by atoms with van der Waals surface area (Å²) in [6.45, 7) is 4.14. The van der Waals surface area contributed by atoms with Crippen LogP contribution in [0.15, 0.2) is 18.2 Å². The van der Waals surface area contributed by atoms with Crippen molar-refractivity contribution in [2.45, 2.75) is 32.7 Å². The fourth-order valence-corrected chi connectivity index (χ4v) is 2.79. The summed E-state index contributed by atoms with van der Waals surface area (Å²) in [5.74, 6) is -0.190. The summed E-state index contributed by atoms with van der Waals surface area (Å²) in [6, 6.07) is 6.37. The van der Waals surface area contributed by atoms with Crippen LogP contribution in [0.3, 0.4) is 0 Å². The predicted octanol–water partition coefficient (Wildman–Crippen LogP) is 1.98. The lowest BCUT2D eigenvalue weighted by Crippen LogP contribution is -2.30. The number of nitrogens with zero attached hydrogens (tertiary/aromatic N) is 4. The SMILES string of the molecule is CC(C)NC(=O)c1ccc(N(C)CCCc2[nH]nc(N)c2C#N)c([N+](=O)[O-])c1. The van der Waals surface area contributed by atoms with Crippen molar-refractivity contribution in [3.63, 3.8) is 0 Å². The number of carbonyl (C=O) groups excluding carboxylic acids is 1. The van der Waals surface area contributed by atoms with E-state index in [1.807, 2.05) is 19.9 Å². The van der Waals surface area contributed by atoms with Crippen LogP contribution in [0, 0.1) is 21.4 Å². The molecular weight excluding hydrogens is 362 g/mol. The van der Waals surface area contributed by atoms with Gasteiger partial charge in [-0.15, -0.1) is 0 Å². The van der Waals surface area contributed by atoms with Crippen LogP contribution >= 0.6 is 0 Å². The van der Waals surface area contributed by atoms with Gasteiger partial charge in [-0.2, -0.15) is 10.4 Å². The van der Waals surface area contributed by atoms with Gasteiger partial charge in [0.15, 0.2) is 5.82 Å². The van der Waals surface area contributed by atoms with Gasteiger partial charge in [-0.25, -0.2) is 0 Å². The quantitative estimate of drug-likeness (QED) is 0.463. The number of benzene rings is 1. The molecule has 148 valence electrons. The highest BCUT2D eigenvalue weighted by Crippen LogP contribution is 2.29. The van der Waals surface area contributed by atoms with Crippen LogP contribution in [0.5, 0.6) is 0 Å². The molecule has 0 aliphatic heterocycles. The minimum absolute atomic E-state index is 0.0660. The number of aromatic amines is 1. The lowest BCUT2D eigenvalue weighted by molar-refractivity contribution is -0.384. The minimum atomic E-state index is -0.499. The van der Waals surface area contributed by atoms with E-state index < -0.39 is 4.92 Å². The lowest BCUT2D eigenvalue weighted by Gasteiger charge is -2.19. The molecule has 0 fully saturated rings. The number of nitro groups is 1. The van der Waals surface area contributed by atoms with Crippen molar-refractivity contribution >= 4 is 23.1 Å². The molecule has 0 aliphatic carbocycles. The molecule has 1 aromatic carbocycles. The lowest BCUT2D eigenvalue weighted by atomic mass is 10.1. The number of aryl methyl sites for hydroxylation is 1. The third-order valence-corrected chi connectivity index (χ3v) is 4.17. The van der Waals surface area contributed by atoms with E-state index in [4.69, 9.17) is 11.0 Å². The molecule has 2 rings (SSSR count). The molecule has 0 saturated carbocycles. The van der Waals surface area contributed by atoms with Crippen LogP contribution in [0.1, 0.15) is 41.9 Å². The molecule has 0 bridgehead atoms. The molecule has 1 heterocycles. The first-order valence-corrected chi connectivity index (χ1v) is 8.77. The Morgan fingerprint density at radius 2 is 2.21 bits per heavy atom. The first-order valence-electron chi connectivity index (χ1n) is 8.77. The second kappa shape index (κ2) is 8.85. The summed E-state index contributed by atoms with van der Waals surface area (Å²) in [5.41, 5.74) is 7.10. The third-order valence-electron chi connectivity index (χ3n) is 4.17. The van der Waals surface area contributed by atoms with Gasteiger partial charge in [0.1, 0.15) is 17.3 Å². The summed E-state index contributed by atoms with van der Waals surface area (Å²) in [6.07, 6.45) is 1.15. The number of rotatable bonds is 8. The van der Waals surface area contributed by atoms with Crippen molar-refractivity contribution in [2.75, 3.05) is 24.2 Å². The second-order valence-electron chi connectivity index (χ2n) is 6.69. The molecule has 28 heavy (non-hydrogen) atoms. The van der Waals surface area contributed by atoms with Gasteiger partial charge in [0.25, 0.3) is 11.6 Å². The zero-order chi connectivity index (χ0) is 20.8. The van der Waals surface area contributed by atoms with Gasteiger partial charge in [-0.05, 0) is 38.8 Å². The van der Waals surface area contributed by atoms with Gasteiger partial charge in [0, 0.05) is 31.3 Å². The van der Waals surface area contributed by atoms with Gasteiger partial charge in [-0.1, -0.05) is 0 Å². The Kier molecular flexibility index (Phi) is 6.55. The number of hydrogen-bond acceptors (Lipinski definition) is 7. The van der Waals surface area contributed by atoms with Crippen molar-refractivity contribution < 1.29 is 9.72 Å². The number of aromatic nitrogens is 2. The van der Waals surface area contributed by atoms with Crippen LogP contribution in [-0.4, -0.2) is 40.7 Å². The Labute approximate surface area is 162 Å². The number of nitrogens with two attached hydrogens (primary N) is 1. The van der Waals surface area contributed by atoms with Crippen LogP contribution in [0.2, 0.25) is 0 Å². The van der Waals surface area contributed by atoms with E-state index in [2.05, 4.69) is 15.5 Å². The number of nitrogen functional groups attached to an aromatic ring is 1. The fraction of sp³-hybridized carbons (Fsp3) is 0.389. The summed E-state index contributed by atoms with van der Waals surface area (Å²) in [5, 5.41) is 29.8. The van der Waals surface area contributed by atoms with E-state index in [0.29, 0.717) is 36.3 Å². The van der Waals surface area contributed by atoms with Crippen LogP contribution < -0.4 is 16.0 Å². The topological polar surface area (TPSA) is 154 Å². The van der Waals surface area contributed by atoms with Gasteiger partial charge in [0.05, 0.1) is 10.6 Å². The Morgan fingerprint density at radius 1 is 1.50 bits per heavy atom. The Bertz CT molecular complexity index is 914. The van der Waals surface area contributed by atoms with Crippen molar-refractivity contribution in [3.05, 3.63) is 45.1 Å². The molecule has 1 amide bonds. The number of nitrogens with one attached hydrogen (secondary N) is 2. The average Bonchev–Trinajstić information content (AvgIpc) is 3.00. The van der Waals surface area contributed by atoms with E-state index in [1.165, 1.54) is 6.07 Å².